The van der Waals surface area contributed by atoms with E-state index in [9.17, 15) is 9.90 Å². The molecule has 0 amide bonds. The summed E-state index contributed by atoms with van der Waals surface area (Å²) in [4.78, 5) is 11.3. The zero-order valence-corrected chi connectivity index (χ0v) is 10.2. The minimum atomic E-state index is -0.422. The van der Waals surface area contributed by atoms with Crippen molar-refractivity contribution in [3.05, 3.63) is 11.3 Å². The molecule has 1 saturated carbocycles. The van der Waals surface area contributed by atoms with Crippen molar-refractivity contribution in [3.8, 4) is 0 Å². The van der Waals surface area contributed by atoms with Gasteiger partial charge < -0.3 is 14.6 Å². The van der Waals surface area contributed by atoms with Gasteiger partial charge >= 0.3 is 5.97 Å². The van der Waals surface area contributed by atoms with Crippen LogP contribution in [0.1, 0.15) is 39.5 Å². The minimum absolute atomic E-state index is 0.187. The number of aliphatic hydroxyl groups excluding tert-OH is 1. The van der Waals surface area contributed by atoms with Crippen LogP contribution >= 0.6 is 0 Å². The third kappa shape index (κ3) is 3.23. The summed E-state index contributed by atoms with van der Waals surface area (Å²) in [7, 11) is 1.34. The van der Waals surface area contributed by atoms with E-state index in [0.29, 0.717) is 11.3 Å². The standard InChI is InChI=1S/C12H20O4/c1-8(12(14)15-3)9(2)16-11-7-5-4-6-10(11)13/h10-11,13H,4-7H2,1-3H3/b9-8-/t10-,11-/m0/s1. The molecule has 0 spiro atoms. The van der Waals surface area contributed by atoms with Crippen LogP contribution in [-0.4, -0.2) is 30.4 Å². The summed E-state index contributed by atoms with van der Waals surface area (Å²) in [6, 6.07) is 0. The number of allylic oxidation sites excluding steroid dienone is 1. The fourth-order valence-corrected chi connectivity index (χ4v) is 1.83. The largest absolute Gasteiger partial charge is 0.492 e. The van der Waals surface area contributed by atoms with E-state index in [1.165, 1.54) is 7.11 Å². The highest BCUT2D eigenvalue weighted by Gasteiger charge is 2.25. The van der Waals surface area contributed by atoms with Crippen molar-refractivity contribution in [1.29, 1.82) is 0 Å². The van der Waals surface area contributed by atoms with Crippen molar-refractivity contribution < 1.29 is 19.4 Å². The number of methoxy groups -OCH3 is 1. The zero-order chi connectivity index (χ0) is 12.1. The van der Waals surface area contributed by atoms with Crippen molar-refractivity contribution in [1.82, 2.24) is 0 Å². The second-order valence-corrected chi connectivity index (χ2v) is 4.18. The minimum Gasteiger partial charge on any atom is -0.492 e. The molecule has 1 N–H and O–H groups in total. The Morgan fingerprint density at radius 2 is 1.88 bits per heavy atom. The molecule has 0 aliphatic heterocycles. The molecule has 4 nitrogen and oxygen atoms in total. The number of esters is 1. The molecule has 0 aromatic carbocycles. The fraction of sp³-hybridized carbons (Fsp3) is 0.750. The number of hydrogen-bond donors (Lipinski definition) is 1. The summed E-state index contributed by atoms with van der Waals surface area (Å²) in [5.41, 5.74) is 0.459. The maximum absolute atomic E-state index is 11.3. The van der Waals surface area contributed by atoms with Crippen LogP contribution in [0, 0.1) is 0 Å². The summed E-state index contributed by atoms with van der Waals surface area (Å²) in [6.07, 6.45) is 3.11. The maximum atomic E-state index is 11.3. The van der Waals surface area contributed by atoms with E-state index in [0.717, 1.165) is 25.7 Å². The Labute approximate surface area is 96.2 Å². The van der Waals surface area contributed by atoms with Crippen LogP contribution in [0.2, 0.25) is 0 Å². The lowest BCUT2D eigenvalue weighted by atomic mass is 9.95. The molecule has 1 aliphatic carbocycles. The highest BCUT2D eigenvalue weighted by Crippen LogP contribution is 2.24. The Morgan fingerprint density at radius 1 is 1.25 bits per heavy atom. The van der Waals surface area contributed by atoms with Gasteiger partial charge in [0.1, 0.15) is 11.9 Å². The zero-order valence-electron chi connectivity index (χ0n) is 10.2. The van der Waals surface area contributed by atoms with Crippen molar-refractivity contribution >= 4 is 5.97 Å². The third-order valence-electron chi connectivity index (χ3n) is 3.02. The van der Waals surface area contributed by atoms with Crippen LogP contribution in [0.3, 0.4) is 0 Å². The van der Waals surface area contributed by atoms with E-state index in [2.05, 4.69) is 4.74 Å². The molecule has 92 valence electrons. The Bertz CT molecular complexity index is 283. The average molecular weight is 228 g/mol. The lowest BCUT2D eigenvalue weighted by Crippen LogP contribution is -2.32. The first-order valence-corrected chi connectivity index (χ1v) is 5.66. The highest BCUT2D eigenvalue weighted by molar-refractivity contribution is 5.88. The molecule has 0 aromatic heterocycles. The Morgan fingerprint density at radius 3 is 2.44 bits per heavy atom. The molecule has 1 fully saturated rings. The lowest BCUT2D eigenvalue weighted by Gasteiger charge is -2.28. The normalized spacial score (nSPS) is 27.0. The first-order chi connectivity index (χ1) is 7.56. The number of carbonyl (C=O) groups excluding carboxylic acids is 1. The molecule has 1 aliphatic rings. The van der Waals surface area contributed by atoms with Crippen LogP contribution in [0.25, 0.3) is 0 Å². The van der Waals surface area contributed by atoms with Gasteiger partial charge in [0.2, 0.25) is 0 Å². The van der Waals surface area contributed by atoms with Gasteiger partial charge in [-0.05, 0) is 33.1 Å². The van der Waals surface area contributed by atoms with E-state index in [4.69, 9.17) is 4.74 Å². The fourth-order valence-electron chi connectivity index (χ4n) is 1.83. The van der Waals surface area contributed by atoms with Crippen LogP contribution in [-0.2, 0) is 14.3 Å². The molecule has 0 aromatic rings. The van der Waals surface area contributed by atoms with E-state index >= 15 is 0 Å². The smallest absolute Gasteiger partial charge is 0.336 e. The predicted octanol–water partition coefficient (Wildman–Crippen LogP) is 1.77. The first kappa shape index (κ1) is 13.0. The van der Waals surface area contributed by atoms with E-state index in [1.54, 1.807) is 13.8 Å². The topological polar surface area (TPSA) is 55.8 Å². The van der Waals surface area contributed by atoms with Crippen molar-refractivity contribution in [2.24, 2.45) is 0 Å². The van der Waals surface area contributed by atoms with Crippen LogP contribution in [0.4, 0.5) is 0 Å². The quantitative estimate of drug-likeness (QED) is 0.454. The van der Waals surface area contributed by atoms with Crippen molar-refractivity contribution in [2.45, 2.75) is 51.7 Å². The van der Waals surface area contributed by atoms with Crippen molar-refractivity contribution in [2.75, 3.05) is 7.11 Å². The van der Waals surface area contributed by atoms with Gasteiger partial charge in [-0.3, -0.25) is 0 Å². The Hall–Kier alpha value is -1.03. The molecule has 0 saturated heterocycles. The molecule has 4 heteroatoms. The van der Waals surface area contributed by atoms with Gasteiger partial charge in [-0.1, -0.05) is 6.42 Å². The van der Waals surface area contributed by atoms with Gasteiger partial charge in [-0.15, -0.1) is 0 Å². The van der Waals surface area contributed by atoms with Crippen LogP contribution in [0.15, 0.2) is 11.3 Å². The monoisotopic (exact) mass is 228 g/mol. The van der Waals surface area contributed by atoms with E-state index in [1.807, 2.05) is 0 Å². The third-order valence-corrected chi connectivity index (χ3v) is 3.02. The molecular formula is C12H20O4. The van der Waals surface area contributed by atoms with E-state index in [-0.39, 0.29) is 12.1 Å². The summed E-state index contributed by atoms with van der Waals surface area (Å²) >= 11 is 0. The van der Waals surface area contributed by atoms with Gasteiger partial charge in [-0.25, -0.2) is 4.79 Å². The summed E-state index contributed by atoms with van der Waals surface area (Å²) in [5, 5.41) is 9.73. The summed E-state index contributed by atoms with van der Waals surface area (Å²) in [6.45, 7) is 3.39. The van der Waals surface area contributed by atoms with Crippen LogP contribution in [0.5, 0.6) is 0 Å². The molecule has 16 heavy (non-hydrogen) atoms. The first-order valence-electron chi connectivity index (χ1n) is 5.66. The van der Waals surface area contributed by atoms with Gasteiger partial charge in [0, 0.05) is 0 Å². The lowest BCUT2D eigenvalue weighted by molar-refractivity contribution is -0.136. The maximum Gasteiger partial charge on any atom is 0.336 e. The molecule has 1 rings (SSSR count). The Balaban J connectivity index is 2.61. The van der Waals surface area contributed by atoms with Gasteiger partial charge in [0.15, 0.2) is 0 Å². The average Bonchev–Trinajstić information content (AvgIpc) is 2.30. The predicted molar refractivity (Wildman–Crippen MR) is 59.7 cm³/mol. The van der Waals surface area contributed by atoms with Gasteiger partial charge in [0.05, 0.1) is 18.8 Å². The second-order valence-electron chi connectivity index (χ2n) is 4.18. The van der Waals surface area contributed by atoms with Gasteiger partial charge in [0.25, 0.3) is 0 Å². The number of hydrogen-bond acceptors (Lipinski definition) is 4. The SMILES string of the molecule is COC(=O)/C(C)=C(/C)O[C@H]1CCCC[C@@H]1O. The van der Waals surface area contributed by atoms with E-state index < -0.39 is 6.10 Å². The summed E-state index contributed by atoms with van der Waals surface area (Å²) in [5.74, 6) is 0.153. The van der Waals surface area contributed by atoms with Crippen molar-refractivity contribution in [3.63, 3.8) is 0 Å². The van der Waals surface area contributed by atoms with Gasteiger partial charge in [-0.2, -0.15) is 0 Å². The molecule has 0 radical (unpaired) electrons. The molecule has 0 heterocycles. The highest BCUT2D eigenvalue weighted by atomic mass is 16.5. The molecule has 2 atom stereocenters. The molecule has 0 bridgehead atoms. The number of ether oxygens (including phenoxy) is 2. The second kappa shape index (κ2) is 5.89. The Kier molecular flexibility index (Phi) is 4.80. The molecule has 0 unspecified atom stereocenters. The number of rotatable bonds is 3. The number of aliphatic hydroxyl groups is 1. The molecular weight excluding hydrogens is 208 g/mol. The van der Waals surface area contributed by atoms with Crippen LogP contribution < -0.4 is 0 Å². The number of carbonyl (C=O) groups is 1. The summed E-state index contributed by atoms with van der Waals surface area (Å²) < 4.78 is 10.2.